The molecule has 0 aliphatic heterocycles. The predicted octanol–water partition coefficient (Wildman–Crippen LogP) is 4.57. The molecule has 0 aliphatic carbocycles. The number of hydrogen-bond donors (Lipinski definition) is 0. The molecular formula is C15H15O3PS. The first-order chi connectivity index (χ1) is 9.72. The van der Waals surface area contributed by atoms with Crippen molar-refractivity contribution < 1.29 is 13.6 Å². The summed E-state index contributed by atoms with van der Waals surface area (Å²) < 4.78 is 17.0. The quantitative estimate of drug-likeness (QED) is 0.553. The smallest absolute Gasteiger partial charge is 0.416 e. The zero-order valence-electron chi connectivity index (χ0n) is 10.8. The van der Waals surface area contributed by atoms with E-state index in [-0.39, 0.29) is 6.61 Å². The molecule has 2 aromatic rings. The van der Waals surface area contributed by atoms with E-state index in [0.717, 1.165) is 0 Å². The first kappa shape index (κ1) is 14.8. The largest absolute Gasteiger partial charge is 0.435 e. The first-order valence-electron chi connectivity index (χ1n) is 6.07. The number of rotatable bonds is 7. The van der Waals surface area contributed by atoms with Gasteiger partial charge in [-0.1, -0.05) is 42.5 Å². The highest BCUT2D eigenvalue weighted by Crippen LogP contribution is 2.49. The third-order valence-electron chi connectivity index (χ3n) is 2.27. The van der Waals surface area contributed by atoms with Crippen molar-refractivity contribution in [3.8, 4) is 11.5 Å². The third kappa shape index (κ3) is 4.49. The third-order valence-corrected chi connectivity index (χ3v) is 4.37. The fourth-order valence-corrected chi connectivity index (χ4v) is 3.33. The molecule has 0 atom stereocenters. The van der Waals surface area contributed by atoms with E-state index in [2.05, 4.69) is 6.58 Å². The van der Waals surface area contributed by atoms with Gasteiger partial charge in [0.05, 0.1) is 6.61 Å². The van der Waals surface area contributed by atoms with Crippen molar-refractivity contribution in [2.24, 2.45) is 0 Å². The van der Waals surface area contributed by atoms with Crippen LogP contribution in [0.15, 0.2) is 73.3 Å². The van der Waals surface area contributed by atoms with Gasteiger partial charge in [-0.05, 0) is 24.3 Å². The lowest BCUT2D eigenvalue weighted by molar-refractivity contribution is 0.290. The zero-order chi connectivity index (χ0) is 14.3. The van der Waals surface area contributed by atoms with Crippen LogP contribution in [0.1, 0.15) is 0 Å². The van der Waals surface area contributed by atoms with Crippen LogP contribution in [-0.4, -0.2) is 6.61 Å². The molecule has 0 N–H and O–H groups in total. The van der Waals surface area contributed by atoms with Gasteiger partial charge in [-0.15, -0.1) is 6.58 Å². The van der Waals surface area contributed by atoms with Gasteiger partial charge in [-0.25, -0.2) is 0 Å². The Kier molecular flexibility index (Phi) is 5.36. The van der Waals surface area contributed by atoms with Crippen molar-refractivity contribution in [2.75, 3.05) is 6.61 Å². The second kappa shape index (κ2) is 7.25. The van der Waals surface area contributed by atoms with Gasteiger partial charge in [0.1, 0.15) is 11.5 Å². The summed E-state index contributed by atoms with van der Waals surface area (Å²) in [5.74, 6) is 1.24. The van der Waals surface area contributed by atoms with Crippen molar-refractivity contribution in [1.82, 2.24) is 0 Å². The fraction of sp³-hybridized carbons (Fsp3) is 0.0667. The Morgan fingerprint density at radius 2 is 1.35 bits per heavy atom. The second-order valence-electron chi connectivity index (χ2n) is 3.84. The molecule has 5 heteroatoms. The van der Waals surface area contributed by atoms with Crippen molar-refractivity contribution in [1.29, 1.82) is 0 Å². The fourth-order valence-electron chi connectivity index (χ4n) is 1.44. The number of benzene rings is 2. The molecule has 0 saturated heterocycles. The maximum absolute atomic E-state index is 5.74. The molecule has 0 aromatic heterocycles. The summed E-state index contributed by atoms with van der Waals surface area (Å²) >= 11 is 5.43. The van der Waals surface area contributed by atoms with E-state index in [9.17, 15) is 0 Å². The van der Waals surface area contributed by atoms with Gasteiger partial charge in [0.15, 0.2) is 0 Å². The Morgan fingerprint density at radius 3 is 1.75 bits per heavy atom. The molecular weight excluding hydrogens is 291 g/mol. The molecule has 2 aromatic carbocycles. The molecule has 20 heavy (non-hydrogen) atoms. The van der Waals surface area contributed by atoms with Crippen molar-refractivity contribution >= 4 is 18.5 Å². The Hall–Kier alpha value is -1.61. The van der Waals surface area contributed by atoms with Crippen LogP contribution in [0.5, 0.6) is 11.5 Å². The summed E-state index contributed by atoms with van der Waals surface area (Å²) in [4.78, 5) is 0. The minimum absolute atomic E-state index is 0.275. The summed E-state index contributed by atoms with van der Waals surface area (Å²) in [6.45, 7) is 0.970. The summed E-state index contributed by atoms with van der Waals surface area (Å²) in [5.41, 5.74) is 0. The molecule has 0 aliphatic rings. The highest BCUT2D eigenvalue weighted by Gasteiger charge is 2.23. The van der Waals surface area contributed by atoms with Gasteiger partial charge in [0, 0.05) is 11.8 Å². The van der Waals surface area contributed by atoms with Gasteiger partial charge < -0.3 is 9.05 Å². The average Bonchev–Trinajstić information content (AvgIpc) is 2.47. The van der Waals surface area contributed by atoms with Crippen molar-refractivity contribution in [3.63, 3.8) is 0 Å². The van der Waals surface area contributed by atoms with Crippen LogP contribution >= 0.6 is 6.72 Å². The van der Waals surface area contributed by atoms with E-state index in [1.54, 1.807) is 6.08 Å². The molecule has 3 nitrogen and oxygen atoms in total. The van der Waals surface area contributed by atoms with E-state index in [1.165, 1.54) is 0 Å². The molecule has 0 bridgehead atoms. The molecule has 0 spiro atoms. The van der Waals surface area contributed by atoms with Crippen LogP contribution in [-0.2, 0) is 16.3 Å². The van der Waals surface area contributed by atoms with Gasteiger partial charge in [0.25, 0.3) is 0 Å². The molecule has 0 radical (unpaired) electrons. The molecule has 104 valence electrons. The van der Waals surface area contributed by atoms with Gasteiger partial charge in [0.2, 0.25) is 0 Å². The molecule has 0 unspecified atom stereocenters. The molecule has 0 saturated carbocycles. The highest BCUT2D eigenvalue weighted by molar-refractivity contribution is 8.07. The number of para-hydroxylation sites is 2. The van der Waals surface area contributed by atoms with Crippen LogP contribution in [0.3, 0.4) is 0 Å². The SMILES string of the molecule is C=CCOP(=S)(Oc1ccccc1)Oc1ccccc1. The van der Waals surface area contributed by atoms with Crippen molar-refractivity contribution in [2.45, 2.75) is 0 Å². The Morgan fingerprint density at radius 1 is 0.900 bits per heavy atom. The molecule has 0 fully saturated rings. The topological polar surface area (TPSA) is 27.7 Å². The Labute approximate surface area is 124 Å². The zero-order valence-corrected chi connectivity index (χ0v) is 12.6. The molecule has 0 amide bonds. The minimum Gasteiger partial charge on any atom is -0.416 e. The standard InChI is InChI=1S/C15H15O3PS/c1-2-13-16-19(20,17-14-9-5-3-6-10-14)18-15-11-7-4-8-12-15/h2-12H,1,13H2. The van der Waals surface area contributed by atoms with Gasteiger partial charge in [-0.3, -0.25) is 4.52 Å². The van der Waals surface area contributed by atoms with Crippen LogP contribution in [0.25, 0.3) is 0 Å². The van der Waals surface area contributed by atoms with E-state index < -0.39 is 6.72 Å². The maximum Gasteiger partial charge on any atom is 0.435 e. The van der Waals surface area contributed by atoms with Crippen molar-refractivity contribution in [3.05, 3.63) is 73.3 Å². The molecule has 0 heterocycles. The van der Waals surface area contributed by atoms with Crippen LogP contribution in [0.4, 0.5) is 0 Å². The lowest BCUT2D eigenvalue weighted by Crippen LogP contribution is -2.04. The van der Waals surface area contributed by atoms with E-state index >= 15 is 0 Å². The average molecular weight is 306 g/mol. The summed E-state index contributed by atoms with van der Waals surface area (Å²) in [6, 6.07) is 18.5. The first-order valence-corrected chi connectivity index (χ1v) is 8.62. The second-order valence-corrected chi connectivity index (χ2v) is 6.70. The van der Waals surface area contributed by atoms with Gasteiger partial charge >= 0.3 is 6.72 Å². The Balaban J connectivity index is 2.16. The summed E-state index contributed by atoms with van der Waals surface area (Å²) in [6.07, 6.45) is 1.61. The highest BCUT2D eigenvalue weighted by atomic mass is 32.5. The van der Waals surface area contributed by atoms with Gasteiger partial charge in [-0.2, -0.15) is 0 Å². The summed E-state index contributed by atoms with van der Waals surface area (Å²) in [5, 5.41) is 0. The van der Waals surface area contributed by atoms with Crippen LogP contribution < -0.4 is 9.05 Å². The van der Waals surface area contributed by atoms with E-state index in [4.69, 9.17) is 25.4 Å². The maximum atomic E-state index is 5.74. The minimum atomic E-state index is -2.92. The van der Waals surface area contributed by atoms with Crippen LogP contribution in [0, 0.1) is 0 Å². The van der Waals surface area contributed by atoms with E-state index in [0.29, 0.717) is 11.5 Å². The summed E-state index contributed by atoms with van der Waals surface area (Å²) in [7, 11) is 0. The lowest BCUT2D eigenvalue weighted by atomic mass is 10.3. The predicted molar refractivity (Wildman–Crippen MR) is 84.6 cm³/mol. The Bertz CT molecular complexity index is 541. The van der Waals surface area contributed by atoms with Crippen LogP contribution in [0.2, 0.25) is 0 Å². The number of hydrogen-bond acceptors (Lipinski definition) is 4. The normalized spacial score (nSPS) is 10.8. The van der Waals surface area contributed by atoms with E-state index in [1.807, 2.05) is 60.7 Å². The lowest BCUT2D eigenvalue weighted by Gasteiger charge is -2.22. The molecule has 2 rings (SSSR count). The monoisotopic (exact) mass is 306 g/mol.